The molecule has 0 aliphatic carbocycles. The van der Waals surface area contributed by atoms with Crippen molar-refractivity contribution in [3.63, 3.8) is 0 Å². The number of carbonyl (C=O) groups is 1. The minimum atomic E-state index is -0.980. The molecule has 0 aliphatic rings. The molecule has 0 spiro atoms. The first-order valence-corrected chi connectivity index (χ1v) is 6.22. The van der Waals surface area contributed by atoms with E-state index in [2.05, 4.69) is 5.32 Å². The van der Waals surface area contributed by atoms with Gasteiger partial charge in [-0.1, -0.05) is 23.2 Å². The van der Waals surface area contributed by atoms with Crippen molar-refractivity contribution >= 4 is 29.1 Å². The Morgan fingerprint density at radius 3 is 2.39 bits per heavy atom. The lowest BCUT2D eigenvalue weighted by Gasteiger charge is -2.14. The Kier molecular flexibility index (Phi) is 5.88. The summed E-state index contributed by atoms with van der Waals surface area (Å²) in [5.74, 6) is -0.347. The van der Waals surface area contributed by atoms with Gasteiger partial charge < -0.3 is 15.5 Å². The molecule has 0 radical (unpaired) electrons. The number of benzene rings is 1. The van der Waals surface area contributed by atoms with Crippen molar-refractivity contribution < 1.29 is 15.0 Å². The largest absolute Gasteiger partial charge is 0.394 e. The van der Waals surface area contributed by atoms with Crippen LogP contribution in [0, 0.1) is 0 Å². The fraction of sp³-hybridized carbons (Fsp3) is 0.417. The second-order valence-electron chi connectivity index (χ2n) is 4.07. The van der Waals surface area contributed by atoms with Gasteiger partial charge in [0.1, 0.15) is 0 Å². The number of aliphatic hydroxyl groups is 2. The van der Waals surface area contributed by atoms with Gasteiger partial charge in [0.2, 0.25) is 5.91 Å². The summed E-state index contributed by atoms with van der Waals surface area (Å²) in [6.07, 6.45) is -1.09. The van der Waals surface area contributed by atoms with Gasteiger partial charge in [-0.2, -0.15) is 0 Å². The van der Waals surface area contributed by atoms with Gasteiger partial charge in [-0.25, -0.2) is 0 Å². The molecule has 1 unspecified atom stereocenters. The summed E-state index contributed by atoms with van der Waals surface area (Å²) >= 11 is 11.6. The topological polar surface area (TPSA) is 69.6 Å². The molecular weight excluding hydrogens is 277 g/mol. The number of amides is 1. The van der Waals surface area contributed by atoms with Crippen LogP contribution in [-0.2, 0) is 4.79 Å². The van der Waals surface area contributed by atoms with Gasteiger partial charge in [0, 0.05) is 16.1 Å². The molecule has 2 atom stereocenters. The van der Waals surface area contributed by atoms with E-state index in [1.54, 1.807) is 25.1 Å². The third-order valence-corrected chi connectivity index (χ3v) is 2.77. The molecule has 4 nitrogen and oxygen atoms in total. The standard InChI is InChI=1S/C12H15Cl2NO3/c1-7(6-16)15-12(18)5-11(17)8-2-9(13)4-10(14)3-8/h2-4,7,11,16-17H,5-6H2,1H3,(H,15,18)/t7-,11?/m0/s1. The first-order valence-electron chi connectivity index (χ1n) is 5.46. The SMILES string of the molecule is C[C@@H](CO)NC(=O)CC(O)c1cc(Cl)cc(Cl)c1. The Labute approximate surface area is 116 Å². The number of halogens is 2. The molecule has 3 N–H and O–H groups in total. The van der Waals surface area contributed by atoms with Crippen LogP contribution >= 0.6 is 23.2 Å². The van der Waals surface area contributed by atoms with Crippen LogP contribution in [0.5, 0.6) is 0 Å². The average molecular weight is 292 g/mol. The van der Waals surface area contributed by atoms with E-state index >= 15 is 0 Å². The number of rotatable bonds is 5. The van der Waals surface area contributed by atoms with Gasteiger partial charge in [-0.3, -0.25) is 4.79 Å². The molecule has 0 heterocycles. The molecule has 0 aromatic heterocycles. The van der Waals surface area contributed by atoms with Gasteiger partial charge in [0.25, 0.3) is 0 Å². The molecule has 6 heteroatoms. The highest BCUT2D eigenvalue weighted by Gasteiger charge is 2.15. The van der Waals surface area contributed by atoms with Crippen LogP contribution in [0.1, 0.15) is 25.0 Å². The van der Waals surface area contributed by atoms with Crippen molar-refractivity contribution in [1.82, 2.24) is 5.32 Å². The highest BCUT2D eigenvalue weighted by Crippen LogP contribution is 2.25. The van der Waals surface area contributed by atoms with Crippen molar-refractivity contribution in [3.05, 3.63) is 33.8 Å². The van der Waals surface area contributed by atoms with Crippen LogP contribution in [0.2, 0.25) is 10.0 Å². The summed E-state index contributed by atoms with van der Waals surface area (Å²) in [5, 5.41) is 22.0. The van der Waals surface area contributed by atoms with Crippen LogP contribution in [0.25, 0.3) is 0 Å². The lowest BCUT2D eigenvalue weighted by atomic mass is 10.1. The highest BCUT2D eigenvalue weighted by atomic mass is 35.5. The third-order valence-electron chi connectivity index (χ3n) is 2.33. The zero-order valence-electron chi connectivity index (χ0n) is 9.86. The van der Waals surface area contributed by atoms with Crippen LogP contribution in [-0.4, -0.2) is 28.8 Å². The first-order chi connectivity index (χ1) is 8.42. The lowest BCUT2D eigenvalue weighted by Crippen LogP contribution is -2.35. The van der Waals surface area contributed by atoms with E-state index in [-0.39, 0.29) is 25.0 Å². The third kappa shape index (κ3) is 4.82. The number of carbonyl (C=O) groups excluding carboxylic acids is 1. The second-order valence-corrected chi connectivity index (χ2v) is 4.95. The average Bonchev–Trinajstić information content (AvgIpc) is 2.27. The van der Waals surface area contributed by atoms with Gasteiger partial charge >= 0.3 is 0 Å². The van der Waals surface area contributed by atoms with E-state index in [1.807, 2.05) is 0 Å². The van der Waals surface area contributed by atoms with Crippen LogP contribution in [0.3, 0.4) is 0 Å². The molecule has 1 amide bonds. The fourth-order valence-electron chi connectivity index (χ4n) is 1.44. The molecule has 100 valence electrons. The molecule has 18 heavy (non-hydrogen) atoms. The Balaban J connectivity index is 2.64. The fourth-order valence-corrected chi connectivity index (χ4v) is 1.98. The molecule has 0 saturated heterocycles. The lowest BCUT2D eigenvalue weighted by molar-refractivity contribution is -0.124. The zero-order valence-corrected chi connectivity index (χ0v) is 11.4. The summed E-state index contributed by atoms with van der Waals surface area (Å²) in [4.78, 5) is 11.5. The number of aliphatic hydroxyl groups excluding tert-OH is 2. The van der Waals surface area contributed by atoms with Crippen LogP contribution < -0.4 is 5.32 Å². The molecule has 0 fully saturated rings. The van der Waals surface area contributed by atoms with Crippen molar-refractivity contribution in [1.29, 1.82) is 0 Å². The van der Waals surface area contributed by atoms with E-state index in [4.69, 9.17) is 28.3 Å². The number of hydrogen-bond acceptors (Lipinski definition) is 3. The summed E-state index contributed by atoms with van der Waals surface area (Å²) in [6, 6.07) is 4.32. The maximum atomic E-state index is 11.5. The molecule has 0 saturated carbocycles. The van der Waals surface area contributed by atoms with E-state index in [0.29, 0.717) is 15.6 Å². The van der Waals surface area contributed by atoms with Crippen LogP contribution in [0.4, 0.5) is 0 Å². The minimum Gasteiger partial charge on any atom is -0.394 e. The Morgan fingerprint density at radius 2 is 1.89 bits per heavy atom. The Hall–Kier alpha value is -0.810. The zero-order chi connectivity index (χ0) is 13.7. The predicted octanol–water partition coefficient (Wildman–Crippen LogP) is 1.91. The van der Waals surface area contributed by atoms with Crippen molar-refractivity contribution in [2.24, 2.45) is 0 Å². The van der Waals surface area contributed by atoms with Crippen molar-refractivity contribution in [3.8, 4) is 0 Å². The van der Waals surface area contributed by atoms with E-state index in [0.717, 1.165) is 0 Å². The van der Waals surface area contributed by atoms with E-state index < -0.39 is 6.10 Å². The van der Waals surface area contributed by atoms with Crippen LogP contribution in [0.15, 0.2) is 18.2 Å². The Bertz CT molecular complexity index is 406. The van der Waals surface area contributed by atoms with Gasteiger partial charge in [-0.15, -0.1) is 0 Å². The molecule has 1 aromatic carbocycles. The quantitative estimate of drug-likeness (QED) is 0.776. The summed E-state index contributed by atoms with van der Waals surface area (Å²) in [6.45, 7) is 1.52. The summed E-state index contributed by atoms with van der Waals surface area (Å²) < 4.78 is 0. The smallest absolute Gasteiger partial charge is 0.223 e. The van der Waals surface area contributed by atoms with Gasteiger partial charge in [0.05, 0.1) is 19.1 Å². The van der Waals surface area contributed by atoms with E-state index in [1.165, 1.54) is 0 Å². The molecule has 0 aliphatic heterocycles. The minimum absolute atomic E-state index is 0.110. The number of nitrogens with one attached hydrogen (secondary N) is 1. The molecule has 1 aromatic rings. The normalized spacial score (nSPS) is 14.1. The summed E-state index contributed by atoms with van der Waals surface area (Å²) in [7, 11) is 0. The predicted molar refractivity (Wildman–Crippen MR) is 70.7 cm³/mol. The van der Waals surface area contributed by atoms with Gasteiger partial charge in [0.15, 0.2) is 0 Å². The second kappa shape index (κ2) is 6.95. The van der Waals surface area contributed by atoms with E-state index in [9.17, 15) is 9.90 Å². The van der Waals surface area contributed by atoms with Crippen molar-refractivity contribution in [2.75, 3.05) is 6.61 Å². The number of hydrogen-bond donors (Lipinski definition) is 3. The highest BCUT2D eigenvalue weighted by molar-refractivity contribution is 6.34. The maximum Gasteiger partial charge on any atom is 0.223 e. The molecular formula is C12H15Cl2NO3. The monoisotopic (exact) mass is 291 g/mol. The van der Waals surface area contributed by atoms with Crippen molar-refractivity contribution in [2.45, 2.75) is 25.5 Å². The maximum absolute atomic E-state index is 11.5. The Morgan fingerprint density at radius 1 is 1.33 bits per heavy atom. The molecule has 1 rings (SSSR count). The summed E-state index contributed by atoms with van der Waals surface area (Å²) in [5.41, 5.74) is 0.485. The van der Waals surface area contributed by atoms with Gasteiger partial charge in [-0.05, 0) is 30.7 Å². The first kappa shape index (κ1) is 15.2. The molecule has 0 bridgehead atoms.